The van der Waals surface area contributed by atoms with E-state index in [9.17, 15) is 9.18 Å². The maximum absolute atomic E-state index is 13.5. The zero-order chi connectivity index (χ0) is 15.4. The van der Waals surface area contributed by atoms with Crippen molar-refractivity contribution in [2.45, 2.75) is 6.92 Å². The normalized spacial score (nSPS) is 11.2. The Labute approximate surface area is 120 Å². The summed E-state index contributed by atoms with van der Waals surface area (Å²) >= 11 is 0. The topological polar surface area (TPSA) is 87.7 Å². The molecule has 0 bridgehead atoms. The van der Waals surface area contributed by atoms with Crippen LogP contribution in [0.5, 0.6) is 0 Å². The first-order chi connectivity index (χ1) is 10.0. The van der Waals surface area contributed by atoms with Crippen LogP contribution in [-0.2, 0) is 0 Å². The fourth-order valence-electron chi connectivity index (χ4n) is 1.76. The van der Waals surface area contributed by atoms with Crippen LogP contribution in [0, 0.1) is 12.7 Å². The van der Waals surface area contributed by atoms with E-state index in [0.717, 1.165) is 11.6 Å². The van der Waals surface area contributed by atoms with Crippen LogP contribution in [0.4, 0.5) is 10.1 Å². The van der Waals surface area contributed by atoms with Gasteiger partial charge in [0.2, 0.25) is 0 Å². The number of nitrogens with two attached hydrogens (primary N) is 1. The summed E-state index contributed by atoms with van der Waals surface area (Å²) in [4.78, 5) is 12.0. The molecule has 4 N–H and O–H groups in total. The van der Waals surface area contributed by atoms with E-state index < -0.39 is 5.82 Å². The Morgan fingerprint density at radius 1 is 1.24 bits per heavy atom. The number of hydrogen-bond donors (Lipinski definition) is 3. The maximum Gasteiger partial charge on any atom is 0.255 e. The average Bonchev–Trinajstić information content (AvgIpc) is 2.49. The van der Waals surface area contributed by atoms with E-state index in [2.05, 4.69) is 10.5 Å². The second-order valence-electron chi connectivity index (χ2n) is 4.50. The fourth-order valence-corrected chi connectivity index (χ4v) is 1.76. The molecular formula is C15H14FN3O2. The zero-order valence-electron chi connectivity index (χ0n) is 11.3. The first-order valence-electron chi connectivity index (χ1n) is 6.16. The first-order valence-corrected chi connectivity index (χ1v) is 6.16. The van der Waals surface area contributed by atoms with Gasteiger partial charge >= 0.3 is 0 Å². The van der Waals surface area contributed by atoms with E-state index in [1.807, 2.05) is 19.1 Å². The van der Waals surface area contributed by atoms with Gasteiger partial charge in [-0.25, -0.2) is 4.39 Å². The summed E-state index contributed by atoms with van der Waals surface area (Å²) in [6.07, 6.45) is 0. The van der Waals surface area contributed by atoms with E-state index >= 15 is 0 Å². The predicted octanol–water partition coefficient (Wildman–Crippen LogP) is 2.48. The third kappa shape index (κ3) is 3.36. The third-order valence-electron chi connectivity index (χ3n) is 2.92. The minimum atomic E-state index is -0.640. The molecule has 0 unspecified atom stereocenters. The van der Waals surface area contributed by atoms with Gasteiger partial charge in [0.15, 0.2) is 5.84 Å². The van der Waals surface area contributed by atoms with Gasteiger partial charge in [0.25, 0.3) is 5.91 Å². The Morgan fingerprint density at radius 3 is 2.52 bits per heavy atom. The number of aryl methyl sites for hydroxylation is 1. The molecule has 5 nitrogen and oxygen atoms in total. The lowest BCUT2D eigenvalue weighted by atomic mass is 10.1. The smallest absolute Gasteiger partial charge is 0.255 e. The summed E-state index contributed by atoms with van der Waals surface area (Å²) < 4.78 is 13.5. The highest BCUT2D eigenvalue weighted by atomic mass is 19.1. The van der Waals surface area contributed by atoms with Gasteiger partial charge in [-0.05, 0) is 37.3 Å². The van der Waals surface area contributed by atoms with Crippen molar-refractivity contribution in [3.05, 3.63) is 65.0 Å². The van der Waals surface area contributed by atoms with Gasteiger partial charge in [0.1, 0.15) is 5.82 Å². The van der Waals surface area contributed by atoms with Crippen molar-refractivity contribution in [3.63, 3.8) is 0 Å². The van der Waals surface area contributed by atoms with E-state index in [1.165, 1.54) is 12.1 Å². The molecule has 2 aromatic rings. The van der Waals surface area contributed by atoms with Crippen LogP contribution < -0.4 is 11.1 Å². The van der Waals surface area contributed by atoms with Gasteiger partial charge in [-0.2, -0.15) is 0 Å². The molecule has 6 heteroatoms. The van der Waals surface area contributed by atoms with Crippen LogP contribution in [-0.4, -0.2) is 17.0 Å². The molecule has 0 aliphatic rings. The van der Waals surface area contributed by atoms with Crippen LogP contribution in [0.1, 0.15) is 21.5 Å². The second kappa shape index (κ2) is 6.04. The molecule has 0 aliphatic carbocycles. The maximum atomic E-state index is 13.5. The van der Waals surface area contributed by atoms with Crippen molar-refractivity contribution in [1.82, 2.24) is 0 Å². The van der Waals surface area contributed by atoms with Gasteiger partial charge < -0.3 is 16.3 Å². The number of nitrogens with zero attached hydrogens (tertiary/aromatic N) is 1. The van der Waals surface area contributed by atoms with E-state index in [4.69, 9.17) is 10.9 Å². The number of hydrogen-bond acceptors (Lipinski definition) is 3. The van der Waals surface area contributed by atoms with Crippen LogP contribution in [0.25, 0.3) is 0 Å². The molecule has 0 saturated carbocycles. The minimum absolute atomic E-state index is 0.0841. The summed E-state index contributed by atoms with van der Waals surface area (Å²) in [6, 6.07) is 10.9. The quantitative estimate of drug-likeness (QED) is 0.351. The van der Waals surface area contributed by atoms with Gasteiger partial charge in [0, 0.05) is 11.3 Å². The number of carbonyl (C=O) groups is 1. The molecule has 0 aliphatic heterocycles. The Bertz CT molecular complexity index is 697. The molecule has 2 aromatic carbocycles. The summed E-state index contributed by atoms with van der Waals surface area (Å²) in [6.45, 7) is 1.92. The Kier molecular flexibility index (Phi) is 4.18. The van der Waals surface area contributed by atoms with Gasteiger partial charge in [-0.1, -0.05) is 22.9 Å². The summed E-state index contributed by atoms with van der Waals surface area (Å²) in [5.74, 6) is -1.33. The molecule has 0 heterocycles. The highest BCUT2D eigenvalue weighted by molar-refractivity contribution is 6.05. The summed E-state index contributed by atoms with van der Waals surface area (Å²) in [7, 11) is 0. The van der Waals surface area contributed by atoms with Crippen molar-refractivity contribution in [2.24, 2.45) is 10.9 Å². The number of anilines is 1. The molecule has 0 radical (unpaired) electrons. The molecule has 1 amide bonds. The number of rotatable bonds is 3. The average molecular weight is 287 g/mol. The Morgan fingerprint density at radius 2 is 1.90 bits per heavy atom. The number of amidine groups is 1. The lowest BCUT2D eigenvalue weighted by molar-refractivity contribution is 0.102. The van der Waals surface area contributed by atoms with Crippen molar-refractivity contribution >= 4 is 17.4 Å². The molecular weight excluding hydrogens is 273 g/mol. The van der Waals surface area contributed by atoms with E-state index in [1.54, 1.807) is 12.1 Å². The minimum Gasteiger partial charge on any atom is -0.409 e. The number of halogens is 1. The highest BCUT2D eigenvalue weighted by Gasteiger charge is 2.11. The van der Waals surface area contributed by atoms with Gasteiger partial charge in [0.05, 0.1) is 5.56 Å². The first kappa shape index (κ1) is 14.5. The zero-order valence-corrected chi connectivity index (χ0v) is 11.3. The number of carbonyl (C=O) groups excluding carboxylic acids is 1. The lowest BCUT2D eigenvalue weighted by Gasteiger charge is -2.08. The van der Waals surface area contributed by atoms with Crippen LogP contribution in [0.15, 0.2) is 47.6 Å². The fraction of sp³-hybridized carbons (Fsp3) is 0.0667. The Balaban J connectivity index is 2.23. The summed E-state index contributed by atoms with van der Waals surface area (Å²) in [5, 5.41) is 14.0. The predicted molar refractivity (Wildman–Crippen MR) is 78.0 cm³/mol. The van der Waals surface area contributed by atoms with Crippen molar-refractivity contribution < 1.29 is 14.4 Å². The molecule has 2 rings (SSSR count). The monoisotopic (exact) mass is 287 g/mol. The van der Waals surface area contributed by atoms with Crippen molar-refractivity contribution in [2.75, 3.05) is 5.32 Å². The highest BCUT2D eigenvalue weighted by Crippen LogP contribution is 2.16. The van der Waals surface area contributed by atoms with Crippen molar-refractivity contribution in [3.8, 4) is 0 Å². The number of oxime groups is 1. The molecule has 0 aromatic heterocycles. The molecule has 0 fully saturated rings. The van der Waals surface area contributed by atoms with E-state index in [0.29, 0.717) is 11.3 Å². The molecule has 0 saturated heterocycles. The van der Waals surface area contributed by atoms with Gasteiger partial charge in [-0.15, -0.1) is 0 Å². The second-order valence-corrected chi connectivity index (χ2v) is 4.50. The van der Waals surface area contributed by atoms with Gasteiger partial charge in [-0.3, -0.25) is 4.79 Å². The van der Waals surface area contributed by atoms with Crippen LogP contribution in [0.2, 0.25) is 0 Å². The lowest BCUT2D eigenvalue weighted by Crippen LogP contribution is -2.17. The van der Waals surface area contributed by atoms with E-state index in [-0.39, 0.29) is 17.3 Å². The molecule has 0 spiro atoms. The molecule has 108 valence electrons. The SMILES string of the molecule is Cc1ccc(C(=O)Nc2ccc(F)c(C(N)=NO)c2)cc1. The number of benzene rings is 2. The standard InChI is InChI=1S/C15H14FN3O2/c1-9-2-4-10(5-3-9)15(20)18-11-6-7-13(16)12(8-11)14(17)19-21/h2-8,21H,1H3,(H2,17,19)(H,18,20). The van der Waals surface area contributed by atoms with Crippen LogP contribution in [0.3, 0.4) is 0 Å². The third-order valence-corrected chi connectivity index (χ3v) is 2.92. The Hall–Kier alpha value is -2.89. The molecule has 0 atom stereocenters. The number of nitrogens with one attached hydrogen (secondary N) is 1. The van der Waals surface area contributed by atoms with Crippen LogP contribution >= 0.6 is 0 Å². The largest absolute Gasteiger partial charge is 0.409 e. The number of amides is 1. The van der Waals surface area contributed by atoms with Crippen molar-refractivity contribution in [1.29, 1.82) is 0 Å². The summed E-state index contributed by atoms with van der Waals surface area (Å²) in [5.41, 5.74) is 7.16. The molecule has 21 heavy (non-hydrogen) atoms.